The van der Waals surface area contributed by atoms with Crippen molar-refractivity contribution in [3.63, 3.8) is 0 Å². The van der Waals surface area contributed by atoms with Gasteiger partial charge < -0.3 is 11.5 Å². The Hall–Kier alpha value is -1.16. The average Bonchev–Trinajstić information content (AvgIpc) is 2.77. The molecule has 1 aromatic rings. The van der Waals surface area contributed by atoms with Crippen molar-refractivity contribution in [2.75, 3.05) is 5.73 Å². The minimum atomic E-state index is -0.731. The highest BCUT2D eigenvalue weighted by atomic mass is 19.1. The second-order valence-corrected chi connectivity index (χ2v) is 3.51. The highest BCUT2D eigenvalue weighted by Crippen LogP contribution is 2.44. The summed E-state index contributed by atoms with van der Waals surface area (Å²) in [5.41, 5.74) is 10.8. The van der Waals surface area contributed by atoms with Gasteiger partial charge in [0.15, 0.2) is 0 Å². The van der Waals surface area contributed by atoms with Crippen LogP contribution < -0.4 is 11.5 Å². The predicted molar refractivity (Wildman–Crippen MR) is 45.9 cm³/mol. The summed E-state index contributed by atoms with van der Waals surface area (Å²) in [6.45, 7) is 0. The van der Waals surface area contributed by atoms with Crippen LogP contribution in [0, 0.1) is 11.6 Å². The van der Waals surface area contributed by atoms with E-state index in [1.807, 2.05) is 0 Å². The smallest absolute Gasteiger partial charge is 0.149 e. The van der Waals surface area contributed by atoms with E-state index in [0.29, 0.717) is 5.56 Å². The van der Waals surface area contributed by atoms with Gasteiger partial charge in [0.25, 0.3) is 0 Å². The van der Waals surface area contributed by atoms with Crippen molar-refractivity contribution in [2.24, 2.45) is 5.73 Å². The van der Waals surface area contributed by atoms with Gasteiger partial charge in [0.1, 0.15) is 11.6 Å². The molecule has 0 spiro atoms. The van der Waals surface area contributed by atoms with E-state index in [0.717, 1.165) is 18.9 Å². The van der Waals surface area contributed by atoms with Crippen LogP contribution in [0.25, 0.3) is 0 Å². The Labute approximate surface area is 74.5 Å². The third-order valence-electron chi connectivity index (χ3n) is 2.41. The Balaban J connectivity index is 2.52. The summed E-state index contributed by atoms with van der Waals surface area (Å²) in [5.74, 6) is -1.34. The Morgan fingerprint density at radius 3 is 2.31 bits per heavy atom. The van der Waals surface area contributed by atoms with E-state index in [4.69, 9.17) is 11.5 Å². The Morgan fingerprint density at radius 1 is 1.15 bits per heavy atom. The van der Waals surface area contributed by atoms with Crippen LogP contribution >= 0.6 is 0 Å². The fourth-order valence-corrected chi connectivity index (χ4v) is 1.35. The molecule has 2 nitrogen and oxygen atoms in total. The van der Waals surface area contributed by atoms with Gasteiger partial charge in [0, 0.05) is 17.2 Å². The summed E-state index contributed by atoms with van der Waals surface area (Å²) in [4.78, 5) is 0. The van der Waals surface area contributed by atoms with Crippen molar-refractivity contribution >= 4 is 5.69 Å². The maximum absolute atomic E-state index is 13.2. The molecule has 1 aliphatic rings. The number of anilines is 1. The van der Waals surface area contributed by atoms with Crippen LogP contribution in [-0.2, 0) is 5.54 Å². The lowest BCUT2D eigenvalue weighted by Crippen LogP contribution is -2.20. The molecule has 1 aliphatic carbocycles. The minimum absolute atomic E-state index is 0.0480. The number of benzene rings is 1. The van der Waals surface area contributed by atoms with Crippen molar-refractivity contribution in [1.82, 2.24) is 0 Å². The first-order chi connectivity index (χ1) is 6.03. The molecule has 0 aliphatic heterocycles. The minimum Gasteiger partial charge on any atom is -0.396 e. The van der Waals surface area contributed by atoms with Gasteiger partial charge in [0.2, 0.25) is 0 Å². The van der Waals surface area contributed by atoms with Crippen LogP contribution in [0.2, 0.25) is 0 Å². The van der Waals surface area contributed by atoms with Crippen LogP contribution in [0.5, 0.6) is 0 Å². The quantitative estimate of drug-likeness (QED) is 0.650. The summed E-state index contributed by atoms with van der Waals surface area (Å²) in [6.07, 6.45) is 1.46. The number of rotatable bonds is 1. The maximum atomic E-state index is 13.2. The lowest BCUT2D eigenvalue weighted by molar-refractivity contribution is 0.554. The van der Waals surface area contributed by atoms with Gasteiger partial charge in [-0.05, 0) is 18.9 Å². The SMILES string of the molecule is Nc1cc(C2(N)CC2)c(F)cc1F. The maximum Gasteiger partial charge on any atom is 0.149 e. The molecule has 0 saturated heterocycles. The molecule has 0 amide bonds. The van der Waals surface area contributed by atoms with Crippen LogP contribution in [0.15, 0.2) is 12.1 Å². The number of hydrogen-bond donors (Lipinski definition) is 2. The highest BCUT2D eigenvalue weighted by molar-refractivity contribution is 5.46. The van der Waals surface area contributed by atoms with Crippen LogP contribution in [0.1, 0.15) is 18.4 Å². The first-order valence-electron chi connectivity index (χ1n) is 4.07. The molecule has 4 heteroatoms. The van der Waals surface area contributed by atoms with Crippen LogP contribution in [-0.4, -0.2) is 0 Å². The molecule has 1 fully saturated rings. The standard InChI is InChI=1S/C9H10F2N2/c10-6-4-7(11)8(12)3-5(6)9(13)1-2-9/h3-4H,1-2,12-13H2. The largest absolute Gasteiger partial charge is 0.396 e. The van der Waals surface area contributed by atoms with Crippen molar-refractivity contribution < 1.29 is 8.78 Å². The first kappa shape index (κ1) is 8.44. The molecule has 1 aromatic carbocycles. The van der Waals surface area contributed by atoms with E-state index in [-0.39, 0.29) is 5.69 Å². The van der Waals surface area contributed by atoms with E-state index in [1.165, 1.54) is 6.07 Å². The fourth-order valence-electron chi connectivity index (χ4n) is 1.35. The van der Waals surface area contributed by atoms with Gasteiger partial charge in [-0.15, -0.1) is 0 Å². The second-order valence-electron chi connectivity index (χ2n) is 3.51. The molecular formula is C9H10F2N2. The number of nitrogens with two attached hydrogens (primary N) is 2. The topological polar surface area (TPSA) is 52.0 Å². The Bertz CT molecular complexity index is 359. The molecule has 1 saturated carbocycles. The zero-order chi connectivity index (χ0) is 9.64. The highest BCUT2D eigenvalue weighted by Gasteiger charge is 2.42. The fraction of sp³-hybridized carbons (Fsp3) is 0.333. The molecule has 2 rings (SSSR count). The normalized spacial score (nSPS) is 18.7. The summed E-state index contributed by atoms with van der Waals surface area (Å²) in [6, 6.07) is 2.08. The first-order valence-corrected chi connectivity index (χ1v) is 4.07. The van der Waals surface area contributed by atoms with Crippen LogP contribution in [0.4, 0.5) is 14.5 Å². The average molecular weight is 184 g/mol. The van der Waals surface area contributed by atoms with Gasteiger partial charge in [-0.2, -0.15) is 0 Å². The Morgan fingerprint density at radius 2 is 1.77 bits per heavy atom. The van der Waals surface area contributed by atoms with Gasteiger partial charge in [-0.3, -0.25) is 0 Å². The number of nitrogen functional groups attached to an aromatic ring is 1. The third-order valence-corrected chi connectivity index (χ3v) is 2.41. The molecule has 0 bridgehead atoms. The molecule has 70 valence electrons. The van der Waals surface area contributed by atoms with Crippen LogP contribution in [0.3, 0.4) is 0 Å². The summed E-state index contributed by atoms with van der Waals surface area (Å²) >= 11 is 0. The van der Waals surface area contributed by atoms with E-state index < -0.39 is 17.2 Å². The zero-order valence-corrected chi connectivity index (χ0v) is 6.98. The van der Waals surface area contributed by atoms with E-state index >= 15 is 0 Å². The number of halogens is 2. The molecule has 0 unspecified atom stereocenters. The van der Waals surface area contributed by atoms with E-state index in [2.05, 4.69) is 0 Å². The van der Waals surface area contributed by atoms with Crippen molar-refractivity contribution in [1.29, 1.82) is 0 Å². The van der Waals surface area contributed by atoms with E-state index in [9.17, 15) is 8.78 Å². The number of hydrogen-bond acceptors (Lipinski definition) is 2. The lowest BCUT2D eigenvalue weighted by Gasteiger charge is -2.11. The summed E-state index contributed by atoms with van der Waals surface area (Å²) in [5, 5.41) is 0. The molecule has 0 radical (unpaired) electrons. The summed E-state index contributed by atoms with van der Waals surface area (Å²) < 4.78 is 26.0. The molecule has 4 N–H and O–H groups in total. The Kier molecular flexibility index (Phi) is 1.57. The van der Waals surface area contributed by atoms with Gasteiger partial charge >= 0.3 is 0 Å². The van der Waals surface area contributed by atoms with Crippen molar-refractivity contribution in [2.45, 2.75) is 18.4 Å². The van der Waals surface area contributed by atoms with Crippen molar-refractivity contribution in [3.8, 4) is 0 Å². The molecule has 0 aromatic heterocycles. The lowest BCUT2D eigenvalue weighted by atomic mass is 10.0. The second kappa shape index (κ2) is 2.42. The van der Waals surface area contributed by atoms with Crippen molar-refractivity contribution in [3.05, 3.63) is 29.3 Å². The van der Waals surface area contributed by atoms with E-state index in [1.54, 1.807) is 0 Å². The molecule has 13 heavy (non-hydrogen) atoms. The predicted octanol–water partition coefficient (Wildman–Crippen LogP) is 1.49. The molecule has 0 atom stereocenters. The zero-order valence-electron chi connectivity index (χ0n) is 6.98. The van der Waals surface area contributed by atoms with Gasteiger partial charge in [0.05, 0.1) is 5.69 Å². The van der Waals surface area contributed by atoms with Gasteiger partial charge in [-0.25, -0.2) is 8.78 Å². The molecule has 0 heterocycles. The van der Waals surface area contributed by atoms with Gasteiger partial charge in [-0.1, -0.05) is 0 Å². The third kappa shape index (κ3) is 1.27. The monoisotopic (exact) mass is 184 g/mol. The summed E-state index contributed by atoms with van der Waals surface area (Å²) in [7, 11) is 0. The molecular weight excluding hydrogens is 174 g/mol.